The lowest BCUT2D eigenvalue weighted by Gasteiger charge is -2.36. The largest absolute Gasteiger partial charge is 0.367 e. The van der Waals surface area contributed by atoms with Gasteiger partial charge in [0.05, 0.1) is 10.7 Å². The molecule has 0 aromatic heterocycles. The van der Waals surface area contributed by atoms with E-state index in [1.54, 1.807) is 18.2 Å². The fourth-order valence-corrected chi connectivity index (χ4v) is 3.98. The van der Waals surface area contributed by atoms with E-state index in [0.717, 1.165) is 22.3 Å². The first-order chi connectivity index (χ1) is 13.8. The van der Waals surface area contributed by atoms with E-state index in [0.29, 0.717) is 41.7 Å². The topological polar surface area (TPSA) is 52.7 Å². The van der Waals surface area contributed by atoms with Crippen LogP contribution in [0.1, 0.15) is 30.6 Å². The van der Waals surface area contributed by atoms with Crippen LogP contribution in [-0.4, -0.2) is 42.9 Å². The number of carbonyl (C=O) groups excluding carboxylic acids is 2. The molecule has 1 aliphatic heterocycles. The molecule has 0 radical (unpaired) electrons. The van der Waals surface area contributed by atoms with Gasteiger partial charge in [0.2, 0.25) is 5.91 Å². The summed E-state index contributed by atoms with van der Waals surface area (Å²) in [4.78, 5) is 28.8. The Hall–Kier alpha value is -1.80. The van der Waals surface area contributed by atoms with Crippen LogP contribution in [0.3, 0.4) is 0 Å². The van der Waals surface area contributed by atoms with E-state index in [1.807, 2.05) is 29.2 Å². The summed E-state index contributed by atoms with van der Waals surface area (Å²) < 4.78 is 1.08. The minimum absolute atomic E-state index is 0.164. The van der Waals surface area contributed by atoms with Gasteiger partial charge in [0.15, 0.2) is 0 Å². The molecule has 0 spiro atoms. The molecular weight excluding hydrogens is 501 g/mol. The van der Waals surface area contributed by atoms with Crippen LogP contribution in [-0.2, 0) is 4.79 Å². The molecule has 2 amide bonds. The first-order valence-corrected chi connectivity index (χ1v) is 11.2. The molecule has 0 unspecified atom stereocenters. The first kappa shape index (κ1) is 21.9. The maximum absolute atomic E-state index is 12.4. The number of anilines is 2. The SMILES string of the molecule is CC(C)CC(=O)N1CCN(c2ccc(NC(=O)c3ccc(I)cc3)cc2Cl)CC1. The van der Waals surface area contributed by atoms with Crippen molar-refractivity contribution >= 4 is 57.4 Å². The van der Waals surface area contributed by atoms with Gasteiger partial charge >= 0.3 is 0 Å². The standard InChI is InChI=1S/C22H25ClIN3O2/c1-15(2)13-21(28)27-11-9-26(10-12-27)20-8-7-18(14-19(20)23)25-22(29)16-3-5-17(24)6-4-16/h3-8,14-15H,9-13H2,1-2H3,(H,25,29). The summed E-state index contributed by atoms with van der Waals surface area (Å²) in [5.41, 5.74) is 2.19. The molecule has 3 rings (SSSR count). The van der Waals surface area contributed by atoms with Crippen molar-refractivity contribution in [3.63, 3.8) is 0 Å². The fourth-order valence-electron chi connectivity index (χ4n) is 3.32. The number of nitrogens with zero attached hydrogens (tertiary/aromatic N) is 2. The van der Waals surface area contributed by atoms with Crippen LogP contribution in [0.2, 0.25) is 5.02 Å². The summed E-state index contributed by atoms with van der Waals surface area (Å²) in [6.45, 7) is 7.02. The highest BCUT2D eigenvalue weighted by Crippen LogP contribution is 2.30. The third-order valence-electron chi connectivity index (χ3n) is 4.87. The second kappa shape index (κ2) is 9.80. The smallest absolute Gasteiger partial charge is 0.255 e. The van der Waals surface area contributed by atoms with Crippen LogP contribution in [0.25, 0.3) is 0 Å². The van der Waals surface area contributed by atoms with Crippen LogP contribution in [0.15, 0.2) is 42.5 Å². The monoisotopic (exact) mass is 525 g/mol. The van der Waals surface area contributed by atoms with Gasteiger partial charge in [-0.25, -0.2) is 0 Å². The van der Waals surface area contributed by atoms with E-state index in [2.05, 4.69) is 46.7 Å². The number of benzene rings is 2. The Morgan fingerprint density at radius 1 is 1.07 bits per heavy atom. The molecule has 1 fully saturated rings. The van der Waals surface area contributed by atoms with Gasteiger partial charge in [-0.15, -0.1) is 0 Å². The van der Waals surface area contributed by atoms with E-state index in [4.69, 9.17) is 11.6 Å². The van der Waals surface area contributed by atoms with Gasteiger partial charge in [-0.2, -0.15) is 0 Å². The molecule has 1 saturated heterocycles. The molecule has 0 bridgehead atoms. The lowest BCUT2D eigenvalue weighted by molar-refractivity contribution is -0.132. The van der Waals surface area contributed by atoms with Crippen LogP contribution in [0.4, 0.5) is 11.4 Å². The maximum Gasteiger partial charge on any atom is 0.255 e. The zero-order valence-electron chi connectivity index (χ0n) is 16.6. The molecule has 154 valence electrons. The van der Waals surface area contributed by atoms with Crippen molar-refractivity contribution in [1.29, 1.82) is 0 Å². The van der Waals surface area contributed by atoms with Crippen molar-refractivity contribution in [2.75, 3.05) is 36.4 Å². The first-order valence-electron chi connectivity index (χ1n) is 9.72. The van der Waals surface area contributed by atoms with Crippen LogP contribution in [0, 0.1) is 9.49 Å². The van der Waals surface area contributed by atoms with Crippen LogP contribution >= 0.6 is 34.2 Å². The van der Waals surface area contributed by atoms with E-state index in [9.17, 15) is 9.59 Å². The Morgan fingerprint density at radius 3 is 2.31 bits per heavy atom. The summed E-state index contributed by atoms with van der Waals surface area (Å²) in [6, 6.07) is 13.0. The number of hydrogen-bond acceptors (Lipinski definition) is 3. The fraction of sp³-hybridized carbons (Fsp3) is 0.364. The molecule has 0 saturated carbocycles. The molecule has 1 N–H and O–H groups in total. The van der Waals surface area contributed by atoms with Crippen molar-refractivity contribution in [3.05, 3.63) is 56.6 Å². The van der Waals surface area contributed by atoms with Gasteiger partial charge < -0.3 is 15.1 Å². The number of halogens is 2. The molecule has 1 heterocycles. The van der Waals surface area contributed by atoms with E-state index < -0.39 is 0 Å². The Labute approximate surface area is 190 Å². The Bertz CT molecular complexity index is 878. The van der Waals surface area contributed by atoms with E-state index in [-0.39, 0.29) is 11.8 Å². The second-order valence-corrected chi connectivity index (χ2v) is 9.25. The minimum atomic E-state index is -0.164. The summed E-state index contributed by atoms with van der Waals surface area (Å²) >= 11 is 8.71. The normalized spacial score (nSPS) is 14.2. The predicted molar refractivity (Wildman–Crippen MR) is 127 cm³/mol. The van der Waals surface area contributed by atoms with Crippen molar-refractivity contribution in [2.45, 2.75) is 20.3 Å². The molecule has 2 aromatic rings. The third kappa shape index (κ3) is 5.85. The molecule has 1 aliphatic rings. The second-order valence-electron chi connectivity index (χ2n) is 7.59. The van der Waals surface area contributed by atoms with Gasteiger partial charge in [-0.05, 0) is 71.0 Å². The van der Waals surface area contributed by atoms with Crippen LogP contribution in [0.5, 0.6) is 0 Å². The highest BCUT2D eigenvalue weighted by molar-refractivity contribution is 14.1. The minimum Gasteiger partial charge on any atom is -0.367 e. The number of rotatable bonds is 5. The van der Waals surface area contributed by atoms with E-state index >= 15 is 0 Å². The van der Waals surface area contributed by atoms with Gasteiger partial charge in [0, 0.05) is 47.4 Å². The Balaban J connectivity index is 1.61. The number of nitrogens with one attached hydrogen (secondary N) is 1. The molecular formula is C22H25ClIN3O2. The average Bonchev–Trinajstić information content (AvgIpc) is 2.68. The molecule has 29 heavy (non-hydrogen) atoms. The number of hydrogen-bond donors (Lipinski definition) is 1. The van der Waals surface area contributed by atoms with Crippen LogP contribution < -0.4 is 10.2 Å². The van der Waals surface area contributed by atoms with E-state index in [1.165, 1.54) is 0 Å². The molecule has 5 nitrogen and oxygen atoms in total. The molecule has 0 aliphatic carbocycles. The molecule has 0 atom stereocenters. The number of carbonyl (C=O) groups is 2. The van der Waals surface area contributed by atoms with Gasteiger partial charge in [-0.3, -0.25) is 9.59 Å². The summed E-state index contributed by atoms with van der Waals surface area (Å²) in [5.74, 6) is 0.430. The van der Waals surface area contributed by atoms with Gasteiger partial charge in [-0.1, -0.05) is 25.4 Å². The quantitative estimate of drug-likeness (QED) is 0.566. The number of amides is 2. The Kier molecular flexibility index (Phi) is 7.40. The maximum atomic E-state index is 12.4. The van der Waals surface area contributed by atoms with Crippen molar-refractivity contribution in [3.8, 4) is 0 Å². The Morgan fingerprint density at radius 2 is 1.72 bits per heavy atom. The van der Waals surface area contributed by atoms with Gasteiger partial charge in [0.25, 0.3) is 5.91 Å². The summed E-state index contributed by atoms with van der Waals surface area (Å²) in [5, 5.41) is 3.48. The summed E-state index contributed by atoms with van der Waals surface area (Å²) in [6.07, 6.45) is 0.593. The zero-order valence-corrected chi connectivity index (χ0v) is 19.5. The third-order valence-corrected chi connectivity index (χ3v) is 5.89. The predicted octanol–water partition coefficient (Wildman–Crippen LogP) is 4.89. The molecule has 2 aromatic carbocycles. The lowest BCUT2D eigenvalue weighted by atomic mass is 10.1. The average molecular weight is 526 g/mol. The zero-order chi connectivity index (χ0) is 21.0. The highest BCUT2D eigenvalue weighted by atomic mass is 127. The van der Waals surface area contributed by atoms with Crippen molar-refractivity contribution < 1.29 is 9.59 Å². The lowest BCUT2D eigenvalue weighted by Crippen LogP contribution is -2.49. The van der Waals surface area contributed by atoms with Gasteiger partial charge in [0.1, 0.15) is 0 Å². The number of piperazine rings is 1. The van der Waals surface area contributed by atoms with Crippen molar-refractivity contribution in [1.82, 2.24) is 4.90 Å². The summed E-state index contributed by atoms with van der Waals surface area (Å²) in [7, 11) is 0. The molecule has 7 heteroatoms. The highest BCUT2D eigenvalue weighted by Gasteiger charge is 2.23. The van der Waals surface area contributed by atoms with Crippen molar-refractivity contribution in [2.24, 2.45) is 5.92 Å².